The lowest BCUT2D eigenvalue weighted by atomic mass is 10.2. The van der Waals surface area contributed by atoms with Crippen molar-refractivity contribution in [2.24, 2.45) is 0 Å². The predicted octanol–water partition coefficient (Wildman–Crippen LogP) is -0.138. The fraction of sp³-hybridized carbons (Fsp3) is 0.500. The zero-order valence-electron chi connectivity index (χ0n) is 14.7. The van der Waals surface area contributed by atoms with E-state index < -0.39 is 0 Å². The highest BCUT2D eigenvalue weighted by atomic mass is 16.2. The Bertz CT molecular complexity index is 777. The van der Waals surface area contributed by atoms with Crippen LogP contribution in [0, 0.1) is 6.92 Å². The number of carbonyl (C=O) groups is 2. The number of hydrogen-bond acceptors (Lipinski definition) is 5. The summed E-state index contributed by atoms with van der Waals surface area (Å²) in [5.74, 6) is -0.247. The lowest BCUT2D eigenvalue weighted by Gasteiger charge is -2.27. The summed E-state index contributed by atoms with van der Waals surface area (Å²) < 4.78 is 1.80. The first kappa shape index (κ1) is 17.2. The molecule has 0 bridgehead atoms. The van der Waals surface area contributed by atoms with Gasteiger partial charge in [0, 0.05) is 25.3 Å². The van der Waals surface area contributed by atoms with Gasteiger partial charge in [-0.05, 0) is 27.1 Å². The van der Waals surface area contributed by atoms with E-state index in [1.807, 2.05) is 25.9 Å². The lowest BCUT2D eigenvalue weighted by Crippen LogP contribution is -2.38. The van der Waals surface area contributed by atoms with E-state index in [0.717, 1.165) is 17.9 Å². The van der Waals surface area contributed by atoms with Crippen molar-refractivity contribution in [3.63, 3.8) is 0 Å². The topological polar surface area (TPSA) is 99.1 Å². The third-order valence-electron chi connectivity index (χ3n) is 4.22. The monoisotopic (exact) mass is 345 g/mol. The molecule has 1 aliphatic rings. The zero-order chi connectivity index (χ0) is 18.0. The maximum atomic E-state index is 12.6. The standard InChI is InChI=1S/C16H23N7O2/c1-11-13(9-18-19-11)16(25)22-6-7-23-12(10-22)8-14(20-23)15(24)17-4-5-21(2)3/h8-9H,4-7,10H2,1-3H3,(H,17,24)(H,18,19). The predicted molar refractivity (Wildman–Crippen MR) is 91.2 cm³/mol. The van der Waals surface area contributed by atoms with Gasteiger partial charge in [0.1, 0.15) is 0 Å². The average Bonchev–Trinajstić information content (AvgIpc) is 3.18. The van der Waals surface area contributed by atoms with Gasteiger partial charge in [-0.25, -0.2) is 0 Å². The van der Waals surface area contributed by atoms with Crippen LogP contribution in [-0.4, -0.2) is 75.3 Å². The minimum Gasteiger partial charge on any atom is -0.349 e. The van der Waals surface area contributed by atoms with Gasteiger partial charge in [-0.3, -0.25) is 19.4 Å². The fourth-order valence-electron chi connectivity index (χ4n) is 2.77. The Hall–Kier alpha value is -2.68. The molecule has 9 heteroatoms. The number of aromatic nitrogens is 4. The second-order valence-electron chi connectivity index (χ2n) is 6.44. The summed E-state index contributed by atoms with van der Waals surface area (Å²) >= 11 is 0. The number of aromatic amines is 1. The third-order valence-corrected chi connectivity index (χ3v) is 4.22. The molecule has 0 aromatic carbocycles. The molecule has 3 rings (SSSR count). The quantitative estimate of drug-likeness (QED) is 0.786. The van der Waals surface area contributed by atoms with E-state index in [-0.39, 0.29) is 11.8 Å². The number of hydrogen-bond donors (Lipinski definition) is 2. The Morgan fingerprint density at radius 1 is 1.36 bits per heavy atom. The molecule has 0 spiro atoms. The van der Waals surface area contributed by atoms with Crippen LogP contribution in [0.15, 0.2) is 12.3 Å². The Labute approximate surface area is 146 Å². The van der Waals surface area contributed by atoms with Crippen molar-refractivity contribution < 1.29 is 9.59 Å². The van der Waals surface area contributed by atoms with Crippen LogP contribution in [0.5, 0.6) is 0 Å². The number of fused-ring (bicyclic) bond motifs is 1. The molecular formula is C16H23N7O2. The Morgan fingerprint density at radius 2 is 2.16 bits per heavy atom. The molecule has 0 saturated heterocycles. The summed E-state index contributed by atoms with van der Waals surface area (Å²) in [6.45, 7) is 4.72. The van der Waals surface area contributed by atoms with Crippen LogP contribution < -0.4 is 5.32 Å². The van der Waals surface area contributed by atoms with Crippen LogP contribution in [0.1, 0.15) is 32.2 Å². The SMILES string of the molecule is Cc1[nH]ncc1C(=O)N1CCn2nc(C(=O)NCCN(C)C)cc2C1. The number of aryl methyl sites for hydroxylation is 1. The molecule has 0 atom stereocenters. The van der Waals surface area contributed by atoms with Gasteiger partial charge in [0.15, 0.2) is 5.69 Å². The van der Waals surface area contributed by atoms with Crippen molar-refractivity contribution in [2.75, 3.05) is 33.7 Å². The van der Waals surface area contributed by atoms with Gasteiger partial charge in [-0.2, -0.15) is 10.2 Å². The van der Waals surface area contributed by atoms with Crippen LogP contribution in [0.4, 0.5) is 0 Å². The highest BCUT2D eigenvalue weighted by Gasteiger charge is 2.26. The van der Waals surface area contributed by atoms with Crippen molar-refractivity contribution in [3.8, 4) is 0 Å². The number of nitrogens with one attached hydrogen (secondary N) is 2. The molecule has 2 amide bonds. The molecule has 2 aromatic heterocycles. The van der Waals surface area contributed by atoms with Crippen LogP contribution in [0.2, 0.25) is 0 Å². The number of rotatable bonds is 5. The third kappa shape index (κ3) is 3.71. The number of amides is 2. The fourth-order valence-corrected chi connectivity index (χ4v) is 2.77. The Morgan fingerprint density at radius 3 is 2.84 bits per heavy atom. The van der Waals surface area contributed by atoms with Gasteiger partial charge in [0.25, 0.3) is 11.8 Å². The van der Waals surface area contributed by atoms with E-state index in [2.05, 4.69) is 20.6 Å². The maximum Gasteiger partial charge on any atom is 0.271 e. The van der Waals surface area contributed by atoms with Gasteiger partial charge in [0.05, 0.1) is 30.5 Å². The summed E-state index contributed by atoms with van der Waals surface area (Å²) in [5, 5.41) is 13.9. The first-order valence-corrected chi connectivity index (χ1v) is 8.24. The van der Waals surface area contributed by atoms with Crippen LogP contribution in [-0.2, 0) is 13.1 Å². The second kappa shape index (κ2) is 7.06. The number of carbonyl (C=O) groups excluding carboxylic acids is 2. The molecular weight excluding hydrogens is 322 g/mol. The number of H-pyrrole nitrogens is 1. The molecule has 9 nitrogen and oxygen atoms in total. The highest BCUT2D eigenvalue weighted by Crippen LogP contribution is 2.17. The van der Waals surface area contributed by atoms with Crippen LogP contribution in [0.3, 0.4) is 0 Å². The summed E-state index contributed by atoms with van der Waals surface area (Å²) in [6.07, 6.45) is 1.55. The van der Waals surface area contributed by atoms with Crippen LogP contribution >= 0.6 is 0 Å². The minimum atomic E-state index is -0.188. The Balaban J connectivity index is 1.66. The summed E-state index contributed by atoms with van der Waals surface area (Å²) in [7, 11) is 3.91. The normalized spacial score (nSPS) is 13.8. The minimum absolute atomic E-state index is 0.0596. The molecule has 25 heavy (non-hydrogen) atoms. The van der Waals surface area contributed by atoms with E-state index >= 15 is 0 Å². The molecule has 134 valence electrons. The summed E-state index contributed by atoms with van der Waals surface area (Å²) in [5.41, 5.74) is 2.58. The molecule has 2 aromatic rings. The maximum absolute atomic E-state index is 12.6. The van der Waals surface area contributed by atoms with Crippen molar-refractivity contribution in [2.45, 2.75) is 20.0 Å². The van der Waals surface area contributed by atoms with Crippen molar-refractivity contribution >= 4 is 11.8 Å². The first-order chi connectivity index (χ1) is 12.0. The van der Waals surface area contributed by atoms with Crippen molar-refractivity contribution in [1.29, 1.82) is 0 Å². The molecule has 0 fully saturated rings. The summed E-state index contributed by atoms with van der Waals surface area (Å²) in [4.78, 5) is 28.5. The average molecular weight is 345 g/mol. The van der Waals surface area contributed by atoms with E-state index in [4.69, 9.17) is 0 Å². The highest BCUT2D eigenvalue weighted by molar-refractivity contribution is 5.95. The zero-order valence-corrected chi connectivity index (χ0v) is 14.7. The summed E-state index contributed by atoms with van der Waals surface area (Å²) in [6, 6.07) is 1.76. The van der Waals surface area contributed by atoms with E-state index in [0.29, 0.717) is 37.4 Å². The molecule has 2 N–H and O–H groups in total. The van der Waals surface area contributed by atoms with Crippen molar-refractivity contribution in [3.05, 3.63) is 34.9 Å². The van der Waals surface area contributed by atoms with Gasteiger partial charge in [-0.15, -0.1) is 0 Å². The molecule has 1 aliphatic heterocycles. The molecule has 0 radical (unpaired) electrons. The first-order valence-electron chi connectivity index (χ1n) is 8.24. The molecule has 0 saturated carbocycles. The van der Waals surface area contributed by atoms with Gasteiger partial charge in [0.2, 0.25) is 0 Å². The van der Waals surface area contributed by atoms with Crippen molar-refractivity contribution in [1.82, 2.24) is 35.1 Å². The number of likely N-dealkylation sites (N-methyl/N-ethyl adjacent to an activating group) is 1. The Kier molecular flexibility index (Phi) is 4.84. The van der Waals surface area contributed by atoms with Gasteiger partial charge in [-0.1, -0.05) is 0 Å². The molecule has 0 aliphatic carbocycles. The molecule has 3 heterocycles. The van der Waals surface area contributed by atoms with E-state index in [9.17, 15) is 9.59 Å². The van der Waals surface area contributed by atoms with E-state index in [1.54, 1.807) is 21.8 Å². The smallest absolute Gasteiger partial charge is 0.271 e. The van der Waals surface area contributed by atoms with E-state index in [1.165, 1.54) is 0 Å². The number of nitrogens with zero attached hydrogens (tertiary/aromatic N) is 5. The van der Waals surface area contributed by atoms with Gasteiger partial charge < -0.3 is 15.1 Å². The van der Waals surface area contributed by atoms with Gasteiger partial charge >= 0.3 is 0 Å². The second-order valence-corrected chi connectivity index (χ2v) is 6.44. The largest absolute Gasteiger partial charge is 0.349 e. The molecule has 0 unspecified atom stereocenters. The van der Waals surface area contributed by atoms with Crippen LogP contribution in [0.25, 0.3) is 0 Å². The lowest BCUT2D eigenvalue weighted by molar-refractivity contribution is 0.0704.